The Morgan fingerprint density at radius 3 is 2.39 bits per heavy atom. The van der Waals surface area contributed by atoms with Crippen LogP contribution >= 0.6 is 0 Å². The Hall–Kier alpha value is -1.14. The van der Waals surface area contributed by atoms with Crippen LogP contribution in [0.25, 0.3) is 0 Å². The molecule has 0 aromatic heterocycles. The van der Waals surface area contributed by atoms with Crippen molar-refractivity contribution in [3.8, 4) is 0 Å². The minimum Gasteiger partial charge on any atom is -0.466 e. The SMILES string of the molecule is CC1CCC(=O)OCCCCCOC(=O)C1(O)O. The fourth-order valence-corrected chi connectivity index (χ4v) is 1.65. The van der Waals surface area contributed by atoms with E-state index in [0.29, 0.717) is 19.4 Å². The van der Waals surface area contributed by atoms with Crippen molar-refractivity contribution in [1.29, 1.82) is 0 Å². The quantitative estimate of drug-likeness (QED) is 0.482. The molecule has 0 aromatic carbocycles. The predicted octanol–water partition coefficient (Wildman–Crippen LogP) is 0.354. The van der Waals surface area contributed by atoms with Crippen molar-refractivity contribution in [1.82, 2.24) is 0 Å². The van der Waals surface area contributed by atoms with Gasteiger partial charge >= 0.3 is 11.9 Å². The summed E-state index contributed by atoms with van der Waals surface area (Å²) >= 11 is 0. The molecule has 1 fully saturated rings. The Bertz CT molecular complexity index is 299. The number of esters is 2. The van der Waals surface area contributed by atoms with Crippen LogP contribution in [0.5, 0.6) is 0 Å². The van der Waals surface area contributed by atoms with E-state index >= 15 is 0 Å². The van der Waals surface area contributed by atoms with E-state index in [1.54, 1.807) is 0 Å². The molecule has 0 spiro atoms. The monoisotopic (exact) mass is 260 g/mol. The van der Waals surface area contributed by atoms with Gasteiger partial charge in [0.05, 0.1) is 13.2 Å². The van der Waals surface area contributed by atoms with Crippen LogP contribution in [-0.2, 0) is 19.1 Å². The van der Waals surface area contributed by atoms with Gasteiger partial charge in [-0.05, 0) is 25.7 Å². The molecule has 0 saturated carbocycles. The highest BCUT2D eigenvalue weighted by atomic mass is 16.6. The zero-order chi connectivity index (χ0) is 13.6. The van der Waals surface area contributed by atoms with Crippen LogP contribution in [0.3, 0.4) is 0 Å². The molecule has 0 bridgehead atoms. The van der Waals surface area contributed by atoms with E-state index in [1.807, 2.05) is 0 Å². The van der Waals surface area contributed by atoms with Gasteiger partial charge in [0.2, 0.25) is 0 Å². The second-order valence-electron chi connectivity index (χ2n) is 4.58. The third kappa shape index (κ3) is 4.27. The normalized spacial score (nSPS) is 27.2. The number of ether oxygens (including phenoxy) is 2. The van der Waals surface area contributed by atoms with Crippen molar-refractivity contribution in [2.24, 2.45) is 5.92 Å². The summed E-state index contributed by atoms with van der Waals surface area (Å²) in [5.41, 5.74) is 0. The molecule has 104 valence electrons. The molecule has 18 heavy (non-hydrogen) atoms. The molecule has 0 aromatic rings. The largest absolute Gasteiger partial charge is 0.466 e. The summed E-state index contributed by atoms with van der Waals surface area (Å²) in [7, 11) is 0. The van der Waals surface area contributed by atoms with Crippen LogP contribution in [0.1, 0.15) is 39.0 Å². The molecular formula is C12H20O6. The molecule has 0 radical (unpaired) electrons. The van der Waals surface area contributed by atoms with E-state index in [4.69, 9.17) is 9.47 Å². The van der Waals surface area contributed by atoms with Crippen molar-refractivity contribution in [2.45, 2.75) is 44.8 Å². The number of carbonyl (C=O) groups is 2. The van der Waals surface area contributed by atoms with Crippen LogP contribution in [-0.4, -0.2) is 41.2 Å². The lowest BCUT2D eigenvalue weighted by molar-refractivity contribution is -0.226. The zero-order valence-electron chi connectivity index (χ0n) is 10.6. The predicted molar refractivity (Wildman–Crippen MR) is 61.3 cm³/mol. The Balaban J connectivity index is 2.64. The maximum Gasteiger partial charge on any atom is 0.366 e. The van der Waals surface area contributed by atoms with E-state index in [0.717, 1.165) is 6.42 Å². The minimum absolute atomic E-state index is 0.0529. The van der Waals surface area contributed by atoms with Crippen LogP contribution < -0.4 is 0 Å². The summed E-state index contributed by atoms with van der Waals surface area (Å²) in [6.45, 7) is 1.97. The first kappa shape index (κ1) is 14.9. The maximum absolute atomic E-state index is 11.5. The highest BCUT2D eigenvalue weighted by Crippen LogP contribution is 2.22. The van der Waals surface area contributed by atoms with Crippen molar-refractivity contribution >= 4 is 11.9 Å². The molecule has 1 saturated heterocycles. The van der Waals surface area contributed by atoms with Gasteiger partial charge in [-0.15, -0.1) is 0 Å². The number of hydrogen-bond acceptors (Lipinski definition) is 6. The van der Waals surface area contributed by atoms with Gasteiger partial charge in [-0.3, -0.25) is 4.79 Å². The summed E-state index contributed by atoms with van der Waals surface area (Å²) in [5.74, 6) is -4.78. The zero-order valence-corrected chi connectivity index (χ0v) is 10.6. The Morgan fingerprint density at radius 1 is 1.11 bits per heavy atom. The summed E-state index contributed by atoms with van der Waals surface area (Å²) in [4.78, 5) is 22.8. The molecule has 0 amide bonds. The lowest BCUT2D eigenvalue weighted by atomic mass is 9.95. The van der Waals surface area contributed by atoms with Gasteiger partial charge in [-0.25, -0.2) is 4.79 Å². The molecule has 6 heteroatoms. The molecule has 1 aliphatic heterocycles. The lowest BCUT2D eigenvalue weighted by Crippen LogP contribution is -2.46. The average molecular weight is 260 g/mol. The molecular weight excluding hydrogens is 240 g/mol. The molecule has 1 heterocycles. The smallest absolute Gasteiger partial charge is 0.366 e. The summed E-state index contributed by atoms with van der Waals surface area (Å²) in [6.07, 6.45) is 2.27. The average Bonchev–Trinajstić information content (AvgIpc) is 2.33. The molecule has 0 aliphatic carbocycles. The summed E-state index contributed by atoms with van der Waals surface area (Å²) in [5, 5.41) is 19.4. The third-order valence-corrected chi connectivity index (χ3v) is 3.05. The van der Waals surface area contributed by atoms with Gasteiger partial charge in [0.25, 0.3) is 5.79 Å². The third-order valence-electron chi connectivity index (χ3n) is 3.05. The Morgan fingerprint density at radius 2 is 1.72 bits per heavy atom. The fourth-order valence-electron chi connectivity index (χ4n) is 1.65. The molecule has 2 N–H and O–H groups in total. The number of aliphatic hydroxyl groups is 2. The highest BCUT2D eigenvalue weighted by Gasteiger charge is 2.41. The first-order valence-corrected chi connectivity index (χ1v) is 6.22. The maximum atomic E-state index is 11.5. The molecule has 6 nitrogen and oxygen atoms in total. The van der Waals surface area contributed by atoms with Crippen LogP contribution in [0.2, 0.25) is 0 Å². The van der Waals surface area contributed by atoms with Crippen molar-refractivity contribution in [2.75, 3.05) is 13.2 Å². The lowest BCUT2D eigenvalue weighted by Gasteiger charge is -2.25. The summed E-state index contributed by atoms with van der Waals surface area (Å²) < 4.78 is 9.77. The first-order valence-electron chi connectivity index (χ1n) is 6.22. The Labute approximate surface area is 106 Å². The van der Waals surface area contributed by atoms with Crippen LogP contribution in [0.15, 0.2) is 0 Å². The number of carbonyl (C=O) groups excluding carboxylic acids is 2. The number of cyclic esters (lactones) is 2. The summed E-state index contributed by atoms with van der Waals surface area (Å²) in [6, 6.07) is 0. The fraction of sp³-hybridized carbons (Fsp3) is 0.833. The topological polar surface area (TPSA) is 93.1 Å². The standard InChI is InChI=1S/C12H20O6/c1-9-5-6-10(13)17-7-3-2-4-8-18-11(14)12(9,15)16/h9,15-16H,2-8H2,1H3. The molecule has 1 rings (SSSR count). The highest BCUT2D eigenvalue weighted by molar-refractivity contribution is 5.77. The number of rotatable bonds is 0. The van der Waals surface area contributed by atoms with Gasteiger partial charge < -0.3 is 19.7 Å². The molecule has 1 unspecified atom stereocenters. The van der Waals surface area contributed by atoms with E-state index in [-0.39, 0.29) is 25.4 Å². The molecule has 1 aliphatic rings. The second kappa shape index (κ2) is 6.70. The first-order chi connectivity index (χ1) is 8.44. The van der Waals surface area contributed by atoms with Gasteiger partial charge in [-0.2, -0.15) is 0 Å². The van der Waals surface area contributed by atoms with Gasteiger partial charge in [0, 0.05) is 12.3 Å². The van der Waals surface area contributed by atoms with Crippen LogP contribution in [0.4, 0.5) is 0 Å². The molecule has 1 atom stereocenters. The minimum atomic E-state index is -2.55. The van der Waals surface area contributed by atoms with Crippen molar-refractivity contribution in [3.05, 3.63) is 0 Å². The Kier molecular flexibility index (Phi) is 5.55. The van der Waals surface area contributed by atoms with Gasteiger partial charge in [-0.1, -0.05) is 6.92 Å². The van der Waals surface area contributed by atoms with Gasteiger partial charge in [0.15, 0.2) is 0 Å². The van der Waals surface area contributed by atoms with E-state index < -0.39 is 17.7 Å². The second-order valence-corrected chi connectivity index (χ2v) is 4.58. The number of hydrogen-bond donors (Lipinski definition) is 2. The van der Waals surface area contributed by atoms with E-state index in [9.17, 15) is 19.8 Å². The van der Waals surface area contributed by atoms with Crippen LogP contribution in [0, 0.1) is 5.92 Å². The van der Waals surface area contributed by atoms with Gasteiger partial charge in [0.1, 0.15) is 0 Å². The van der Waals surface area contributed by atoms with Crippen molar-refractivity contribution in [3.63, 3.8) is 0 Å². The van der Waals surface area contributed by atoms with E-state index in [1.165, 1.54) is 6.92 Å². The van der Waals surface area contributed by atoms with Crippen molar-refractivity contribution < 1.29 is 29.3 Å². The van der Waals surface area contributed by atoms with E-state index in [2.05, 4.69) is 0 Å².